The van der Waals surface area contributed by atoms with Gasteiger partial charge in [-0.3, -0.25) is 4.79 Å². The maximum Gasteiger partial charge on any atom is 0.251 e. The molecule has 2 heterocycles. The van der Waals surface area contributed by atoms with Crippen LogP contribution in [0.4, 0.5) is 0 Å². The Morgan fingerprint density at radius 1 is 1.47 bits per heavy atom. The lowest BCUT2D eigenvalue weighted by molar-refractivity contribution is 0.0431. The molecule has 3 atom stereocenters. The summed E-state index contributed by atoms with van der Waals surface area (Å²) in [6.07, 6.45) is 1.24. The lowest BCUT2D eigenvalue weighted by atomic mass is 9.88. The highest BCUT2D eigenvalue weighted by atomic mass is 16.5. The van der Waals surface area contributed by atoms with Crippen LogP contribution in [0.25, 0.3) is 0 Å². The molecule has 1 aromatic carbocycles. The lowest BCUT2D eigenvalue weighted by Gasteiger charge is -2.23. The molecule has 1 aromatic rings. The van der Waals surface area contributed by atoms with E-state index in [1.54, 1.807) is 0 Å². The number of benzene rings is 1. The second-order valence-corrected chi connectivity index (χ2v) is 5.40. The smallest absolute Gasteiger partial charge is 0.251 e. The van der Waals surface area contributed by atoms with Crippen LogP contribution in [0.3, 0.4) is 0 Å². The van der Waals surface area contributed by atoms with Crippen molar-refractivity contribution in [2.45, 2.75) is 32.0 Å². The highest BCUT2D eigenvalue weighted by Gasteiger charge is 2.32. The van der Waals surface area contributed by atoms with Gasteiger partial charge in [-0.2, -0.15) is 0 Å². The van der Waals surface area contributed by atoms with Gasteiger partial charge in [0.05, 0.1) is 12.2 Å². The average Bonchev–Trinajstić information content (AvgIpc) is 2.84. The van der Waals surface area contributed by atoms with Gasteiger partial charge in [-0.1, -0.05) is 12.1 Å². The molecule has 1 saturated heterocycles. The zero-order valence-electron chi connectivity index (χ0n) is 11.1. The standard InChI is InChI=1S/C15H19NO3/c1-9-12(5-7-19-9)14(17)11-3-2-10-4-6-16-15(18)13(10)8-11/h2-3,8-9,12,14,17H,4-7H2,1H3,(H,16,18). The SMILES string of the molecule is CC1OCCC1C(O)c1ccc2c(c1)C(=O)NCC2. The van der Waals surface area contributed by atoms with Crippen molar-refractivity contribution in [1.82, 2.24) is 5.32 Å². The average molecular weight is 261 g/mol. The minimum atomic E-state index is -0.558. The summed E-state index contributed by atoms with van der Waals surface area (Å²) < 4.78 is 5.50. The van der Waals surface area contributed by atoms with Crippen LogP contribution in [0.15, 0.2) is 18.2 Å². The van der Waals surface area contributed by atoms with E-state index in [0.717, 1.165) is 24.0 Å². The fraction of sp³-hybridized carbons (Fsp3) is 0.533. The summed E-state index contributed by atoms with van der Waals surface area (Å²) in [4.78, 5) is 11.8. The van der Waals surface area contributed by atoms with Crippen LogP contribution in [0.2, 0.25) is 0 Å². The van der Waals surface area contributed by atoms with Crippen molar-refractivity contribution in [2.24, 2.45) is 5.92 Å². The molecule has 102 valence electrons. The van der Waals surface area contributed by atoms with E-state index in [1.165, 1.54) is 0 Å². The first-order valence-corrected chi connectivity index (χ1v) is 6.87. The van der Waals surface area contributed by atoms with Gasteiger partial charge in [0.2, 0.25) is 0 Å². The Hall–Kier alpha value is -1.39. The minimum absolute atomic E-state index is 0.0361. The highest BCUT2D eigenvalue weighted by molar-refractivity contribution is 5.96. The molecule has 4 heteroatoms. The second kappa shape index (κ2) is 4.94. The molecule has 0 aromatic heterocycles. The molecule has 1 fully saturated rings. The topological polar surface area (TPSA) is 58.6 Å². The highest BCUT2D eigenvalue weighted by Crippen LogP contribution is 2.34. The molecule has 1 amide bonds. The number of amides is 1. The first kappa shape index (κ1) is 12.6. The van der Waals surface area contributed by atoms with Crippen molar-refractivity contribution in [3.05, 3.63) is 34.9 Å². The maximum absolute atomic E-state index is 11.8. The summed E-state index contributed by atoms with van der Waals surface area (Å²) in [5.41, 5.74) is 2.59. The van der Waals surface area contributed by atoms with E-state index in [2.05, 4.69) is 5.32 Å². The number of nitrogens with one attached hydrogen (secondary N) is 1. The molecule has 0 aliphatic carbocycles. The Balaban J connectivity index is 1.89. The second-order valence-electron chi connectivity index (χ2n) is 5.40. The zero-order chi connectivity index (χ0) is 13.4. The van der Waals surface area contributed by atoms with Gasteiger partial charge in [0, 0.05) is 24.6 Å². The molecular formula is C15H19NO3. The van der Waals surface area contributed by atoms with E-state index in [0.29, 0.717) is 18.7 Å². The van der Waals surface area contributed by atoms with Gasteiger partial charge in [0.15, 0.2) is 0 Å². The molecule has 0 spiro atoms. The number of hydrogen-bond acceptors (Lipinski definition) is 3. The van der Waals surface area contributed by atoms with E-state index >= 15 is 0 Å². The van der Waals surface area contributed by atoms with Crippen molar-refractivity contribution >= 4 is 5.91 Å². The largest absolute Gasteiger partial charge is 0.388 e. The van der Waals surface area contributed by atoms with Gasteiger partial charge in [-0.05, 0) is 37.0 Å². The maximum atomic E-state index is 11.8. The fourth-order valence-electron chi connectivity index (χ4n) is 3.02. The molecule has 19 heavy (non-hydrogen) atoms. The summed E-state index contributed by atoms with van der Waals surface area (Å²) in [7, 11) is 0. The van der Waals surface area contributed by atoms with Crippen molar-refractivity contribution in [3.8, 4) is 0 Å². The molecule has 2 N–H and O–H groups in total. The number of ether oxygens (including phenoxy) is 1. The monoisotopic (exact) mass is 261 g/mol. The first-order chi connectivity index (χ1) is 9.16. The van der Waals surface area contributed by atoms with Gasteiger partial charge >= 0.3 is 0 Å². The molecule has 3 unspecified atom stereocenters. The van der Waals surface area contributed by atoms with Crippen LogP contribution in [-0.2, 0) is 11.2 Å². The van der Waals surface area contributed by atoms with Crippen LogP contribution < -0.4 is 5.32 Å². The molecule has 0 bridgehead atoms. The summed E-state index contributed by atoms with van der Waals surface area (Å²) in [6, 6.07) is 5.74. The lowest BCUT2D eigenvalue weighted by Crippen LogP contribution is -2.32. The van der Waals surface area contributed by atoms with Gasteiger partial charge in [-0.25, -0.2) is 0 Å². The Bertz CT molecular complexity index is 500. The number of carbonyl (C=O) groups excluding carboxylic acids is 1. The van der Waals surface area contributed by atoms with Gasteiger partial charge in [0.1, 0.15) is 0 Å². The Morgan fingerprint density at radius 3 is 3.05 bits per heavy atom. The fourth-order valence-corrected chi connectivity index (χ4v) is 3.02. The summed E-state index contributed by atoms with van der Waals surface area (Å²) in [6.45, 7) is 3.39. The number of carbonyl (C=O) groups is 1. The first-order valence-electron chi connectivity index (χ1n) is 6.87. The third-order valence-electron chi connectivity index (χ3n) is 4.24. The predicted molar refractivity (Wildman–Crippen MR) is 71.0 cm³/mol. The van der Waals surface area contributed by atoms with E-state index in [-0.39, 0.29) is 17.9 Å². The number of rotatable bonds is 2. The third-order valence-corrected chi connectivity index (χ3v) is 4.24. The Morgan fingerprint density at radius 2 is 2.32 bits per heavy atom. The number of aliphatic hydroxyl groups is 1. The molecule has 0 radical (unpaired) electrons. The van der Waals surface area contributed by atoms with Crippen molar-refractivity contribution in [1.29, 1.82) is 0 Å². The van der Waals surface area contributed by atoms with Gasteiger partial charge in [0.25, 0.3) is 5.91 Å². The summed E-state index contributed by atoms with van der Waals surface area (Å²) in [5, 5.41) is 13.3. The van der Waals surface area contributed by atoms with E-state index in [4.69, 9.17) is 4.74 Å². The van der Waals surface area contributed by atoms with Crippen LogP contribution in [0, 0.1) is 5.92 Å². The third kappa shape index (κ3) is 2.26. The van der Waals surface area contributed by atoms with Crippen molar-refractivity contribution in [2.75, 3.05) is 13.2 Å². The van der Waals surface area contributed by atoms with Crippen LogP contribution >= 0.6 is 0 Å². The van der Waals surface area contributed by atoms with Crippen LogP contribution in [0.5, 0.6) is 0 Å². The van der Waals surface area contributed by atoms with Gasteiger partial charge in [-0.15, -0.1) is 0 Å². The van der Waals surface area contributed by atoms with Crippen LogP contribution in [0.1, 0.15) is 40.9 Å². The minimum Gasteiger partial charge on any atom is -0.388 e. The normalized spacial score (nSPS) is 27.8. The van der Waals surface area contributed by atoms with Crippen molar-refractivity contribution < 1.29 is 14.6 Å². The molecule has 2 aliphatic rings. The molecule has 0 saturated carbocycles. The van der Waals surface area contributed by atoms with Crippen LogP contribution in [-0.4, -0.2) is 30.3 Å². The molecule has 3 rings (SSSR count). The summed E-state index contributed by atoms with van der Waals surface area (Å²) >= 11 is 0. The van der Waals surface area contributed by atoms with Crippen molar-refractivity contribution in [3.63, 3.8) is 0 Å². The summed E-state index contributed by atoms with van der Waals surface area (Å²) in [5.74, 6) is 0.0794. The van der Waals surface area contributed by atoms with Gasteiger partial charge < -0.3 is 15.2 Å². The number of aliphatic hydroxyl groups excluding tert-OH is 1. The van der Waals surface area contributed by atoms with E-state index in [1.807, 2.05) is 25.1 Å². The van der Waals surface area contributed by atoms with E-state index in [9.17, 15) is 9.90 Å². The molecule has 2 aliphatic heterocycles. The quantitative estimate of drug-likeness (QED) is 0.846. The molecular weight excluding hydrogens is 242 g/mol. The zero-order valence-corrected chi connectivity index (χ0v) is 11.1. The molecule has 4 nitrogen and oxygen atoms in total. The predicted octanol–water partition coefficient (Wildman–Crippen LogP) is 1.43. The number of fused-ring (bicyclic) bond motifs is 1. The number of hydrogen-bond donors (Lipinski definition) is 2. The van der Waals surface area contributed by atoms with E-state index < -0.39 is 6.10 Å². The Labute approximate surface area is 112 Å². The Kier molecular flexibility index (Phi) is 3.29.